The lowest BCUT2D eigenvalue weighted by Gasteiger charge is -2.27. The summed E-state index contributed by atoms with van der Waals surface area (Å²) in [4.78, 5) is 14.0. The Hall–Kier alpha value is -2.51. The molecule has 3 fully saturated rings. The molecule has 2 aromatic rings. The Morgan fingerprint density at radius 2 is 1.88 bits per heavy atom. The van der Waals surface area contributed by atoms with Gasteiger partial charge in [0.2, 0.25) is 5.91 Å². The summed E-state index contributed by atoms with van der Waals surface area (Å²) in [7, 11) is 0. The molecule has 1 saturated carbocycles. The fourth-order valence-electron chi connectivity index (χ4n) is 5.42. The van der Waals surface area contributed by atoms with Gasteiger partial charge in [-0.25, -0.2) is 0 Å². The first-order valence-electron chi connectivity index (χ1n) is 13.3. The number of carbonyl (C=O) groups excluding carboxylic acids is 1. The van der Waals surface area contributed by atoms with E-state index in [4.69, 9.17) is 7.48 Å². The van der Waals surface area contributed by atoms with Crippen LogP contribution in [0.4, 0.5) is 11.5 Å². The molecule has 5 rings (SSSR count). The van der Waals surface area contributed by atoms with Gasteiger partial charge in [0.25, 0.3) is 0 Å². The summed E-state index contributed by atoms with van der Waals surface area (Å²) in [5.41, 5.74) is 2.31. The van der Waals surface area contributed by atoms with Gasteiger partial charge < -0.3 is 20.3 Å². The Labute approximate surface area is 199 Å². The zero-order valence-corrected chi connectivity index (χ0v) is 19.3. The average Bonchev–Trinajstić information content (AvgIpc) is 3.45. The molecule has 7 nitrogen and oxygen atoms in total. The number of likely N-dealkylation sites (tertiary alicyclic amines) is 1. The number of aromatic nitrogens is 2. The third-order valence-electron chi connectivity index (χ3n) is 7.15. The molecule has 7 heteroatoms. The summed E-state index contributed by atoms with van der Waals surface area (Å²) in [6.07, 6.45) is 4.10. The van der Waals surface area contributed by atoms with Gasteiger partial charge in [-0.2, -0.15) is 0 Å². The number of ether oxygens (including phenoxy) is 1. The van der Waals surface area contributed by atoms with Crippen LogP contribution in [0.15, 0.2) is 36.4 Å². The average molecular weight is 452 g/mol. The standard InChI is InChI=1S/C26H35N5O2/c1-2-26(32)28-23-6-4-3-5-22(23)24-7-8-25(30-29-24)27-21-13-19-16-31(17-20(19)14-21)15-18-9-11-33-12-10-18/h3-8,18-21H,2,9-17H2,1H3,(H,27,30)(H,28,32)/t19-,20+,21?/i15D2. The van der Waals surface area contributed by atoms with Crippen molar-refractivity contribution < 1.29 is 12.3 Å². The first-order valence-corrected chi connectivity index (χ1v) is 12.3. The molecule has 0 radical (unpaired) electrons. The minimum atomic E-state index is -1.24. The molecule has 0 spiro atoms. The highest BCUT2D eigenvalue weighted by Gasteiger charge is 2.41. The van der Waals surface area contributed by atoms with Crippen LogP contribution in [0.25, 0.3) is 11.3 Å². The molecule has 2 N–H and O–H groups in total. The number of rotatable bonds is 7. The van der Waals surface area contributed by atoms with E-state index in [9.17, 15) is 4.79 Å². The number of carbonyl (C=O) groups is 1. The van der Waals surface area contributed by atoms with E-state index < -0.39 is 6.50 Å². The van der Waals surface area contributed by atoms with Crippen molar-refractivity contribution in [3.63, 3.8) is 0 Å². The van der Waals surface area contributed by atoms with E-state index in [1.807, 2.05) is 43.3 Å². The van der Waals surface area contributed by atoms with E-state index in [1.54, 1.807) is 0 Å². The molecule has 3 aliphatic rings. The topological polar surface area (TPSA) is 79.4 Å². The van der Waals surface area contributed by atoms with Crippen LogP contribution in [0.1, 0.15) is 41.8 Å². The number of anilines is 2. The van der Waals surface area contributed by atoms with E-state index in [1.165, 1.54) is 0 Å². The summed E-state index contributed by atoms with van der Waals surface area (Å²) in [6, 6.07) is 11.9. The number of nitrogens with one attached hydrogen (secondary N) is 2. The smallest absolute Gasteiger partial charge is 0.224 e. The molecule has 3 heterocycles. The van der Waals surface area contributed by atoms with Crippen molar-refractivity contribution >= 4 is 17.4 Å². The van der Waals surface area contributed by atoms with Crippen LogP contribution in [0.2, 0.25) is 0 Å². The summed E-state index contributed by atoms with van der Waals surface area (Å²) in [5, 5.41) is 15.3. The van der Waals surface area contributed by atoms with Crippen LogP contribution < -0.4 is 10.6 Å². The predicted octanol–water partition coefficient (Wildman–Crippen LogP) is 4.04. The Kier molecular flexibility index (Phi) is 6.14. The van der Waals surface area contributed by atoms with Gasteiger partial charge >= 0.3 is 0 Å². The minimum Gasteiger partial charge on any atom is -0.381 e. The Balaban J connectivity index is 1.17. The molecule has 1 unspecified atom stereocenters. The molecular weight excluding hydrogens is 414 g/mol. The van der Waals surface area contributed by atoms with Gasteiger partial charge in [0.05, 0.1) is 11.4 Å². The number of amides is 1. The van der Waals surface area contributed by atoms with Gasteiger partial charge in [-0.3, -0.25) is 4.79 Å². The van der Waals surface area contributed by atoms with Gasteiger partial charge in [-0.05, 0) is 61.6 Å². The molecule has 3 atom stereocenters. The molecule has 176 valence electrons. The van der Waals surface area contributed by atoms with E-state index in [-0.39, 0.29) is 11.8 Å². The number of hydrogen-bond acceptors (Lipinski definition) is 6. The number of fused-ring (bicyclic) bond motifs is 1. The highest BCUT2D eigenvalue weighted by Crippen LogP contribution is 2.39. The number of benzene rings is 1. The molecule has 33 heavy (non-hydrogen) atoms. The molecule has 1 aliphatic carbocycles. The molecule has 2 saturated heterocycles. The summed E-state index contributed by atoms with van der Waals surface area (Å²) < 4.78 is 23.0. The van der Waals surface area contributed by atoms with Crippen molar-refractivity contribution in [2.24, 2.45) is 17.8 Å². The fourth-order valence-corrected chi connectivity index (χ4v) is 5.42. The van der Waals surface area contributed by atoms with Gasteiger partial charge in [-0.1, -0.05) is 25.1 Å². The Morgan fingerprint density at radius 3 is 2.58 bits per heavy atom. The van der Waals surface area contributed by atoms with Crippen LogP contribution in [0.5, 0.6) is 0 Å². The highest BCUT2D eigenvalue weighted by molar-refractivity contribution is 5.94. The van der Waals surface area contributed by atoms with Crippen LogP contribution in [0, 0.1) is 17.8 Å². The SMILES string of the molecule is [2H]C([2H])(C1CCOCC1)N1C[C@H]2CC(Nc3ccc(-c4ccccc4NC(=O)CC)nn3)C[C@H]2C1. The lowest BCUT2D eigenvalue weighted by atomic mass is 10.00. The van der Waals surface area contributed by atoms with Crippen molar-refractivity contribution in [2.75, 3.05) is 43.4 Å². The van der Waals surface area contributed by atoms with Crippen molar-refractivity contribution in [1.82, 2.24) is 15.1 Å². The predicted molar refractivity (Wildman–Crippen MR) is 130 cm³/mol. The molecule has 1 aromatic carbocycles. The van der Waals surface area contributed by atoms with E-state index in [0.717, 1.165) is 61.5 Å². The Morgan fingerprint density at radius 1 is 1.12 bits per heavy atom. The van der Waals surface area contributed by atoms with Gasteiger partial charge in [0.1, 0.15) is 5.82 Å². The second-order valence-corrected chi connectivity index (χ2v) is 9.50. The number of hydrogen-bond donors (Lipinski definition) is 2. The molecule has 0 bridgehead atoms. The maximum atomic E-state index is 11.9. The zero-order valence-electron chi connectivity index (χ0n) is 21.3. The molecular formula is C26H35N5O2. The van der Waals surface area contributed by atoms with Crippen LogP contribution in [-0.2, 0) is 9.53 Å². The molecule has 1 amide bonds. The largest absolute Gasteiger partial charge is 0.381 e. The van der Waals surface area contributed by atoms with Gasteiger partial charge in [-0.15, -0.1) is 10.2 Å². The molecule has 2 aliphatic heterocycles. The first kappa shape index (κ1) is 19.9. The maximum absolute atomic E-state index is 11.9. The first-order chi connectivity index (χ1) is 16.9. The minimum absolute atomic E-state index is 0.0325. The highest BCUT2D eigenvalue weighted by atomic mass is 16.5. The number of para-hydroxylation sites is 1. The summed E-state index contributed by atoms with van der Waals surface area (Å²) in [6.45, 7) is 3.60. The van der Waals surface area contributed by atoms with Crippen molar-refractivity contribution in [3.8, 4) is 11.3 Å². The van der Waals surface area contributed by atoms with Crippen molar-refractivity contribution in [3.05, 3.63) is 36.4 Å². The third kappa shape index (κ3) is 5.36. The normalized spacial score (nSPS) is 27.0. The van der Waals surface area contributed by atoms with E-state index >= 15 is 0 Å². The maximum Gasteiger partial charge on any atom is 0.224 e. The van der Waals surface area contributed by atoms with E-state index in [2.05, 4.69) is 25.7 Å². The van der Waals surface area contributed by atoms with Gasteiger partial charge in [0, 0.05) is 53.6 Å². The van der Waals surface area contributed by atoms with Crippen LogP contribution in [0.3, 0.4) is 0 Å². The van der Waals surface area contributed by atoms with Crippen molar-refractivity contribution in [2.45, 2.75) is 45.1 Å². The second-order valence-electron chi connectivity index (χ2n) is 9.50. The lowest BCUT2D eigenvalue weighted by molar-refractivity contribution is -0.115. The fraction of sp³-hybridized carbons (Fsp3) is 0.577. The van der Waals surface area contributed by atoms with E-state index in [0.29, 0.717) is 37.5 Å². The second kappa shape index (κ2) is 10.2. The van der Waals surface area contributed by atoms with Crippen LogP contribution in [-0.4, -0.2) is 59.8 Å². The number of nitrogens with zero attached hydrogens (tertiary/aromatic N) is 3. The third-order valence-corrected chi connectivity index (χ3v) is 7.15. The quantitative estimate of drug-likeness (QED) is 0.661. The molecule has 1 aromatic heterocycles. The Bertz CT molecular complexity index is 1010. The summed E-state index contributed by atoms with van der Waals surface area (Å²) >= 11 is 0. The van der Waals surface area contributed by atoms with Gasteiger partial charge in [0.15, 0.2) is 0 Å². The lowest BCUT2D eigenvalue weighted by Crippen LogP contribution is -2.32. The van der Waals surface area contributed by atoms with Crippen molar-refractivity contribution in [1.29, 1.82) is 0 Å². The zero-order chi connectivity index (χ0) is 24.4. The monoisotopic (exact) mass is 451 g/mol. The van der Waals surface area contributed by atoms with Crippen LogP contribution >= 0.6 is 0 Å². The summed E-state index contributed by atoms with van der Waals surface area (Å²) in [5.74, 6) is 1.82.